The van der Waals surface area contributed by atoms with Crippen LogP contribution in [0.15, 0.2) is 0 Å². The Morgan fingerprint density at radius 1 is 1.12 bits per heavy atom. The van der Waals surface area contributed by atoms with Crippen LogP contribution in [0, 0.1) is 5.92 Å². The quantitative estimate of drug-likeness (QED) is 0.128. The Morgan fingerprint density at radius 2 is 1.76 bits per heavy atom. The molecule has 0 aromatic carbocycles. The van der Waals surface area contributed by atoms with Crippen molar-refractivity contribution in [2.45, 2.75) is 99.9 Å². The summed E-state index contributed by atoms with van der Waals surface area (Å²) in [6.45, 7) is 1.59. The Bertz CT molecular complexity index is 639. The summed E-state index contributed by atoms with van der Waals surface area (Å²) >= 11 is 5.93. The van der Waals surface area contributed by atoms with Crippen LogP contribution < -0.4 is 5.73 Å². The van der Waals surface area contributed by atoms with Crippen molar-refractivity contribution in [3.63, 3.8) is 0 Å². The number of carbonyl (C=O) groups excluding carboxylic acids is 2. The van der Waals surface area contributed by atoms with E-state index in [2.05, 4.69) is 16.0 Å². The zero-order chi connectivity index (χ0) is 25.3. The van der Waals surface area contributed by atoms with Crippen molar-refractivity contribution in [2.24, 2.45) is 11.7 Å². The molecular weight excluding hydrogens is 493 g/mol. The smallest absolute Gasteiger partial charge is 0.344 e. The molecule has 0 aromatic heterocycles. The van der Waals surface area contributed by atoms with Gasteiger partial charge >= 0.3 is 11.9 Å². The van der Waals surface area contributed by atoms with Crippen molar-refractivity contribution >= 4 is 32.6 Å². The highest BCUT2D eigenvalue weighted by Gasteiger charge is 2.50. The highest BCUT2D eigenvalue weighted by molar-refractivity contribution is 7.28. The average Bonchev–Trinajstić information content (AvgIpc) is 2.82. The molecule has 1 saturated carbocycles. The molecule has 13 heteroatoms. The van der Waals surface area contributed by atoms with Gasteiger partial charge in [0.25, 0.3) is 9.03 Å². The summed E-state index contributed by atoms with van der Waals surface area (Å²) in [4.78, 5) is 21.2. The van der Waals surface area contributed by atoms with Crippen molar-refractivity contribution in [1.82, 2.24) is 0 Å². The number of ether oxygens (including phenoxy) is 2. The number of carbonyl (C=O) groups is 2. The van der Waals surface area contributed by atoms with Gasteiger partial charge in [0.15, 0.2) is 6.29 Å². The minimum absolute atomic E-state index is 0.0833. The Kier molecular flexibility index (Phi) is 12.4. The van der Waals surface area contributed by atoms with Gasteiger partial charge < -0.3 is 44.7 Å². The molecule has 2 aliphatic heterocycles. The van der Waals surface area contributed by atoms with Gasteiger partial charge in [-0.15, -0.1) is 0 Å². The predicted octanol–water partition coefficient (Wildman–Crippen LogP) is 0.473. The molecule has 3 rings (SSSR count). The van der Waals surface area contributed by atoms with Gasteiger partial charge in [-0.25, -0.2) is 9.59 Å². The number of halogens is 1. The van der Waals surface area contributed by atoms with Crippen LogP contribution >= 0.6 is 20.6 Å². The Labute approximate surface area is 206 Å². The molecule has 0 spiro atoms. The van der Waals surface area contributed by atoms with Crippen LogP contribution in [-0.4, -0.2) is 87.2 Å². The van der Waals surface area contributed by atoms with E-state index in [1.54, 1.807) is 0 Å². The molecule has 3 aliphatic rings. The van der Waals surface area contributed by atoms with Gasteiger partial charge in [0.1, 0.15) is 24.4 Å². The van der Waals surface area contributed by atoms with Gasteiger partial charge in [0, 0.05) is 12.6 Å². The molecule has 7 atom stereocenters. The van der Waals surface area contributed by atoms with Gasteiger partial charge in [-0.1, -0.05) is 37.8 Å². The van der Waals surface area contributed by atoms with E-state index in [9.17, 15) is 24.9 Å². The molecule has 2 heterocycles. The average molecular weight is 530 g/mol. The van der Waals surface area contributed by atoms with Gasteiger partial charge in [-0.2, -0.15) is 0 Å². The number of alkyl halides is 1. The first kappa shape index (κ1) is 29.6. The molecular formula is C21H37ClNO10P. The van der Waals surface area contributed by atoms with Crippen molar-refractivity contribution in [3.8, 4) is 0 Å². The summed E-state index contributed by atoms with van der Waals surface area (Å²) in [6.07, 6.45) is 1.13. The predicted molar refractivity (Wildman–Crippen MR) is 123 cm³/mol. The lowest BCUT2D eigenvalue weighted by Gasteiger charge is -2.39. The summed E-state index contributed by atoms with van der Waals surface area (Å²) in [5, 5.41) is 38.1. The normalized spacial score (nSPS) is 39.1. The molecule has 0 bridgehead atoms. The minimum atomic E-state index is -1.94. The summed E-state index contributed by atoms with van der Waals surface area (Å²) in [6, 6.07) is 0.522. The first-order chi connectivity index (χ1) is 16.2. The first-order valence-electron chi connectivity index (χ1n) is 11.7. The van der Waals surface area contributed by atoms with E-state index in [0.29, 0.717) is 6.04 Å². The van der Waals surface area contributed by atoms with E-state index in [-0.39, 0.29) is 19.4 Å². The SMILES string of the molecule is CCC[C@@H]1CCCC[C@H]1N.O=C1OPOC(=O)C1(Cl)CCCOC1O[C@H](CO)[C@@H](O)[C@H](O)[C@@H]1O. The molecule has 3 fully saturated rings. The molecule has 1 aliphatic carbocycles. The summed E-state index contributed by atoms with van der Waals surface area (Å²) in [5.41, 5.74) is 5.97. The van der Waals surface area contributed by atoms with Crippen LogP contribution in [0.5, 0.6) is 0 Å². The van der Waals surface area contributed by atoms with Crippen LogP contribution in [-0.2, 0) is 28.1 Å². The van der Waals surface area contributed by atoms with E-state index in [4.69, 9.17) is 31.9 Å². The summed E-state index contributed by atoms with van der Waals surface area (Å²) < 4.78 is 19.6. The van der Waals surface area contributed by atoms with E-state index < -0.39 is 63.2 Å². The van der Waals surface area contributed by atoms with Crippen LogP contribution in [0.25, 0.3) is 0 Å². The van der Waals surface area contributed by atoms with Gasteiger partial charge in [-0.3, -0.25) is 0 Å². The Balaban J connectivity index is 0.000000340. The molecule has 0 aromatic rings. The standard InChI is InChI=1S/C12H18ClO10P.C9H19N/c13-12(10(18)22-24-23-11(12)19)2-1-3-20-9-8(17)7(16)6(15)5(4-14)21-9;1-2-5-8-6-3-4-7-9(8)10/h5-9,14-17,24H,1-4H2;8-9H,2-7,10H2,1H3/t5-,6-,7+,8+,9?;8-,9-/m11/s1. The van der Waals surface area contributed by atoms with Crippen molar-refractivity contribution in [3.05, 3.63) is 0 Å². The first-order valence-corrected chi connectivity index (χ1v) is 12.9. The third-order valence-electron chi connectivity index (χ3n) is 6.34. The topological polar surface area (TPSA) is 178 Å². The lowest BCUT2D eigenvalue weighted by molar-refractivity contribution is -0.301. The third kappa shape index (κ3) is 7.69. The molecule has 11 nitrogen and oxygen atoms in total. The van der Waals surface area contributed by atoms with Crippen LogP contribution in [0.1, 0.15) is 58.3 Å². The van der Waals surface area contributed by atoms with Crippen LogP contribution in [0.4, 0.5) is 0 Å². The maximum Gasteiger partial charge on any atom is 0.344 e. The number of aliphatic hydroxyl groups is 4. The maximum absolute atomic E-state index is 11.6. The molecule has 2 saturated heterocycles. The fourth-order valence-corrected chi connectivity index (χ4v) is 5.11. The van der Waals surface area contributed by atoms with E-state index in [1.165, 1.54) is 38.5 Å². The monoisotopic (exact) mass is 529 g/mol. The van der Waals surface area contributed by atoms with Crippen molar-refractivity contribution in [2.75, 3.05) is 13.2 Å². The zero-order valence-corrected chi connectivity index (χ0v) is 21.1. The Hall–Kier alpha value is -0.620. The fourth-order valence-electron chi connectivity index (χ4n) is 4.23. The second-order valence-corrected chi connectivity index (χ2v) is 10.1. The zero-order valence-electron chi connectivity index (χ0n) is 19.3. The van der Waals surface area contributed by atoms with E-state index in [1.807, 2.05) is 0 Å². The number of hydrogen-bond acceptors (Lipinski definition) is 11. The number of aliphatic hydroxyl groups excluding tert-OH is 4. The molecule has 198 valence electrons. The highest BCUT2D eigenvalue weighted by atomic mass is 35.5. The van der Waals surface area contributed by atoms with Gasteiger partial charge in [-0.05, 0) is 38.0 Å². The third-order valence-corrected chi connectivity index (χ3v) is 7.37. The second-order valence-electron chi connectivity index (χ2n) is 8.83. The fraction of sp³-hybridized carbons (Fsp3) is 0.905. The lowest BCUT2D eigenvalue weighted by Crippen LogP contribution is -2.59. The number of hydrogen-bond donors (Lipinski definition) is 5. The highest BCUT2D eigenvalue weighted by Crippen LogP contribution is 2.36. The van der Waals surface area contributed by atoms with Crippen LogP contribution in [0.3, 0.4) is 0 Å². The Morgan fingerprint density at radius 3 is 2.35 bits per heavy atom. The lowest BCUT2D eigenvalue weighted by atomic mass is 9.82. The molecule has 6 N–H and O–H groups in total. The largest absolute Gasteiger partial charge is 0.407 e. The van der Waals surface area contributed by atoms with Crippen molar-refractivity contribution < 1.29 is 48.5 Å². The van der Waals surface area contributed by atoms with E-state index >= 15 is 0 Å². The van der Waals surface area contributed by atoms with Crippen LogP contribution in [0.2, 0.25) is 0 Å². The van der Waals surface area contributed by atoms with Gasteiger partial charge in [0.05, 0.1) is 6.61 Å². The summed E-state index contributed by atoms with van der Waals surface area (Å²) in [5.74, 6) is -0.947. The second kappa shape index (κ2) is 14.2. The maximum atomic E-state index is 11.6. The minimum Gasteiger partial charge on any atom is -0.407 e. The summed E-state index contributed by atoms with van der Waals surface area (Å²) in [7, 11) is -0.717. The molecule has 0 amide bonds. The molecule has 34 heavy (non-hydrogen) atoms. The number of rotatable bonds is 8. The number of nitrogens with two attached hydrogens (primary N) is 1. The van der Waals surface area contributed by atoms with E-state index in [0.717, 1.165) is 5.92 Å². The van der Waals surface area contributed by atoms with Crippen molar-refractivity contribution in [1.29, 1.82) is 0 Å². The molecule has 0 radical (unpaired) electrons. The molecule has 1 unspecified atom stereocenters. The van der Waals surface area contributed by atoms with Gasteiger partial charge in [0.2, 0.25) is 4.87 Å².